The standard InChI is InChI=1S/C22H21N5O4S2/c1-31-17-9-7-16(8-10-17)27-20(15-5-3-2-4-6-15)24-25-21(27)32-13-18(28)23-11-12-26-19(29)14-33-22(26)30/h2-10H,11-14H2,1H3,(H,23,28). The van der Waals surface area contributed by atoms with E-state index in [1.165, 1.54) is 11.8 Å². The number of hydrogen-bond acceptors (Lipinski definition) is 8. The highest BCUT2D eigenvalue weighted by Crippen LogP contribution is 2.28. The zero-order valence-corrected chi connectivity index (χ0v) is 19.4. The molecule has 1 fully saturated rings. The third kappa shape index (κ3) is 5.37. The largest absolute Gasteiger partial charge is 0.497 e. The van der Waals surface area contributed by atoms with E-state index in [4.69, 9.17) is 4.74 Å². The van der Waals surface area contributed by atoms with Crippen LogP contribution in [0.15, 0.2) is 59.8 Å². The second-order valence-corrected chi connectivity index (χ2v) is 8.81. The topological polar surface area (TPSA) is 106 Å². The van der Waals surface area contributed by atoms with Crippen LogP contribution in [0, 0.1) is 0 Å². The molecule has 1 aromatic heterocycles. The van der Waals surface area contributed by atoms with E-state index >= 15 is 0 Å². The molecule has 0 saturated carbocycles. The van der Waals surface area contributed by atoms with Gasteiger partial charge in [-0.05, 0) is 24.3 Å². The van der Waals surface area contributed by atoms with Gasteiger partial charge >= 0.3 is 0 Å². The zero-order valence-electron chi connectivity index (χ0n) is 17.8. The molecule has 0 bridgehead atoms. The van der Waals surface area contributed by atoms with Crippen LogP contribution >= 0.6 is 23.5 Å². The van der Waals surface area contributed by atoms with E-state index in [1.807, 2.05) is 59.2 Å². The molecule has 170 valence electrons. The molecule has 0 aliphatic carbocycles. The smallest absolute Gasteiger partial charge is 0.288 e. The molecule has 0 radical (unpaired) electrons. The summed E-state index contributed by atoms with van der Waals surface area (Å²) in [7, 11) is 1.61. The van der Waals surface area contributed by atoms with Crippen molar-refractivity contribution in [2.24, 2.45) is 0 Å². The maximum Gasteiger partial charge on any atom is 0.288 e. The Morgan fingerprint density at radius 2 is 1.88 bits per heavy atom. The molecule has 3 aromatic rings. The van der Waals surface area contributed by atoms with Crippen LogP contribution in [0.1, 0.15) is 0 Å². The van der Waals surface area contributed by atoms with Gasteiger partial charge in [-0.25, -0.2) is 0 Å². The van der Waals surface area contributed by atoms with Crippen molar-refractivity contribution in [1.82, 2.24) is 25.0 Å². The molecule has 1 saturated heterocycles. The molecule has 1 aliphatic rings. The van der Waals surface area contributed by atoms with Crippen molar-refractivity contribution >= 4 is 40.6 Å². The third-order valence-corrected chi connectivity index (χ3v) is 6.61. The Kier molecular flexibility index (Phi) is 7.30. The fourth-order valence-electron chi connectivity index (χ4n) is 3.19. The second kappa shape index (κ2) is 10.5. The van der Waals surface area contributed by atoms with E-state index in [0.29, 0.717) is 11.0 Å². The minimum atomic E-state index is -0.273. The molecule has 11 heteroatoms. The first kappa shape index (κ1) is 22.9. The number of ether oxygens (including phenoxy) is 1. The van der Waals surface area contributed by atoms with Crippen molar-refractivity contribution in [1.29, 1.82) is 0 Å². The summed E-state index contributed by atoms with van der Waals surface area (Å²) < 4.78 is 7.15. The monoisotopic (exact) mass is 483 g/mol. The van der Waals surface area contributed by atoms with Crippen LogP contribution in [0.3, 0.4) is 0 Å². The molecule has 0 spiro atoms. The molecule has 1 aliphatic heterocycles. The number of nitrogens with zero attached hydrogens (tertiary/aromatic N) is 4. The number of methoxy groups -OCH3 is 1. The van der Waals surface area contributed by atoms with Crippen molar-refractivity contribution in [3.8, 4) is 22.8 Å². The van der Waals surface area contributed by atoms with Gasteiger partial charge in [0.25, 0.3) is 5.24 Å². The second-order valence-electron chi connectivity index (χ2n) is 6.94. The van der Waals surface area contributed by atoms with Gasteiger partial charge in [-0.15, -0.1) is 10.2 Å². The number of carbonyl (C=O) groups excluding carboxylic acids is 3. The summed E-state index contributed by atoms with van der Waals surface area (Å²) in [4.78, 5) is 36.8. The van der Waals surface area contributed by atoms with Crippen LogP contribution < -0.4 is 10.1 Å². The third-order valence-electron chi connectivity index (χ3n) is 4.83. The van der Waals surface area contributed by atoms with Gasteiger partial charge < -0.3 is 10.1 Å². The van der Waals surface area contributed by atoms with E-state index in [2.05, 4.69) is 15.5 Å². The fourth-order valence-corrected chi connectivity index (χ4v) is 4.72. The molecule has 3 amide bonds. The summed E-state index contributed by atoms with van der Waals surface area (Å²) in [6.07, 6.45) is 0. The number of aromatic nitrogens is 3. The van der Waals surface area contributed by atoms with Gasteiger partial charge in [-0.2, -0.15) is 0 Å². The molecule has 0 unspecified atom stereocenters. The van der Waals surface area contributed by atoms with Crippen molar-refractivity contribution in [2.75, 3.05) is 31.7 Å². The van der Waals surface area contributed by atoms with Crippen molar-refractivity contribution < 1.29 is 19.1 Å². The Bertz CT molecular complexity index is 1140. The summed E-state index contributed by atoms with van der Waals surface area (Å²) in [6.45, 7) is 0.374. The number of nitrogens with one attached hydrogen (secondary N) is 1. The van der Waals surface area contributed by atoms with Crippen molar-refractivity contribution in [3.63, 3.8) is 0 Å². The molecular weight excluding hydrogens is 462 g/mol. The molecule has 0 atom stereocenters. The number of amides is 3. The fraction of sp³-hybridized carbons (Fsp3) is 0.227. The van der Waals surface area contributed by atoms with E-state index in [1.54, 1.807) is 7.11 Å². The quantitative estimate of drug-likeness (QED) is 0.463. The predicted molar refractivity (Wildman–Crippen MR) is 127 cm³/mol. The van der Waals surface area contributed by atoms with E-state index in [0.717, 1.165) is 33.7 Å². The first-order valence-corrected chi connectivity index (χ1v) is 12.1. The molecule has 33 heavy (non-hydrogen) atoms. The van der Waals surface area contributed by atoms with E-state index in [-0.39, 0.29) is 41.6 Å². The van der Waals surface area contributed by atoms with Crippen LogP contribution in [0.4, 0.5) is 4.79 Å². The van der Waals surface area contributed by atoms with Gasteiger partial charge in [0.1, 0.15) is 5.75 Å². The van der Waals surface area contributed by atoms with Gasteiger partial charge in [0, 0.05) is 24.3 Å². The summed E-state index contributed by atoms with van der Waals surface area (Å²) in [6, 6.07) is 17.2. The van der Waals surface area contributed by atoms with Crippen LogP contribution in [0.5, 0.6) is 5.75 Å². The highest BCUT2D eigenvalue weighted by molar-refractivity contribution is 8.14. The average Bonchev–Trinajstić information content (AvgIpc) is 3.41. The van der Waals surface area contributed by atoms with Crippen molar-refractivity contribution in [2.45, 2.75) is 5.16 Å². The maximum atomic E-state index is 12.4. The highest BCUT2D eigenvalue weighted by Gasteiger charge is 2.29. The minimum absolute atomic E-state index is 0.111. The minimum Gasteiger partial charge on any atom is -0.497 e. The number of hydrogen-bond donors (Lipinski definition) is 1. The number of rotatable bonds is 9. The lowest BCUT2D eigenvalue weighted by molar-refractivity contribution is -0.125. The van der Waals surface area contributed by atoms with Crippen LogP contribution in [-0.2, 0) is 9.59 Å². The highest BCUT2D eigenvalue weighted by atomic mass is 32.2. The van der Waals surface area contributed by atoms with Crippen LogP contribution in [0.25, 0.3) is 17.1 Å². The number of thioether (sulfide) groups is 2. The lowest BCUT2D eigenvalue weighted by Crippen LogP contribution is -2.38. The Balaban J connectivity index is 1.45. The average molecular weight is 484 g/mol. The molecule has 1 N–H and O–H groups in total. The Morgan fingerprint density at radius 1 is 1.12 bits per heavy atom. The van der Waals surface area contributed by atoms with Gasteiger partial charge in [0.05, 0.1) is 18.6 Å². The van der Waals surface area contributed by atoms with E-state index < -0.39 is 0 Å². The first-order chi connectivity index (χ1) is 16.1. The number of benzene rings is 2. The molecule has 4 rings (SSSR count). The van der Waals surface area contributed by atoms with Gasteiger partial charge in [0.2, 0.25) is 11.8 Å². The van der Waals surface area contributed by atoms with Crippen LogP contribution in [-0.4, -0.2) is 68.4 Å². The number of imide groups is 1. The maximum absolute atomic E-state index is 12.4. The summed E-state index contributed by atoms with van der Waals surface area (Å²) in [5, 5.41) is 11.7. The molecule has 9 nitrogen and oxygen atoms in total. The Morgan fingerprint density at radius 3 is 2.55 bits per heavy atom. The Hall–Kier alpha value is -3.31. The molecule has 2 aromatic carbocycles. The van der Waals surface area contributed by atoms with Gasteiger partial charge in [-0.1, -0.05) is 53.9 Å². The number of carbonyl (C=O) groups is 3. The van der Waals surface area contributed by atoms with Gasteiger partial charge in [0.15, 0.2) is 11.0 Å². The van der Waals surface area contributed by atoms with E-state index in [9.17, 15) is 14.4 Å². The van der Waals surface area contributed by atoms with Gasteiger partial charge in [-0.3, -0.25) is 23.9 Å². The summed E-state index contributed by atoms with van der Waals surface area (Å²) in [5.41, 5.74) is 1.74. The normalized spacial score (nSPS) is 13.4. The SMILES string of the molecule is COc1ccc(-n2c(SCC(=O)NCCN3C(=O)CSC3=O)nnc2-c2ccccc2)cc1. The predicted octanol–water partition coefficient (Wildman–Crippen LogP) is 2.85. The lowest BCUT2D eigenvalue weighted by Gasteiger charge is -2.13. The molecule has 2 heterocycles. The summed E-state index contributed by atoms with van der Waals surface area (Å²) >= 11 is 2.23. The molecular formula is C22H21N5O4S2. The summed E-state index contributed by atoms with van der Waals surface area (Å²) in [5.74, 6) is 1.21. The first-order valence-electron chi connectivity index (χ1n) is 10.1. The Labute approximate surface area is 198 Å². The zero-order chi connectivity index (χ0) is 23.2. The lowest BCUT2D eigenvalue weighted by atomic mass is 10.2. The van der Waals surface area contributed by atoms with Crippen molar-refractivity contribution in [3.05, 3.63) is 54.6 Å². The van der Waals surface area contributed by atoms with Crippen LogP contribution in [0.2, 0.25) is 0 Å².